The highest BCUT2D eigenvalue weighted by Crippen LogP contribution is 2.27. The van der Waals surface area contributed by atoms with E-state index >= 15 is 0 Å². The van der Waals surface area contributed by atoms with Crippen LogP contribution in [-0.4, -0.2) is 12.9 Å². The van der Waals surface area contributed by atoms with Gasteiger partial charge in [-0.25, -0.2) is 0 Å². The molecule has 0 unspecified atom stereocenters. The van der Waals surface area contributed by atoms with Crippen LogP contribution in [0.2, 0.25) is 5.02 Å². The summed E-state index contributed by atoms with van der Waals surface area (Å²) >= 11 is 5.97. The molecule has 0 N–H and O–H groups in total. The van der Waals surface area contributed by atoms with Crippen molar-refractivity contribution in [1.29, 1.82) is 0 Å². The molecule has 0 radical (unpaired) electrons. The van der Waals surface area contributed by atoms with Gasteiger partial charge in [0.25, 0.3) is 0 Å². The summed E-state index contributed by atoms with van der Waals surface area (Å²) in [6, 6.07) is 10.9. The number of ether oxygens (including phenoxy) is 1. The number of aryl methyl sites for hydroxylation is 2. The Kier molecular flexibility index (Phi) is 3.91. The third-order valence-electron chi connectivity index (χ3n) is 3.12. The molecule has 2 aromatic rings. The monoisotopic (exact) mass is 274 g/mol. The Morgan fingerprint density at radius 2 is 1.74 bits per heavy atom. The fourth-order valence-electron chi connectivity index (χ4n) is 2.12. The van der Waals surface area contributed by atoms with E-state index in [1.54, 1.807) is 18.2 Å². The maximum Gasteiger partial charge on any atom is 0.193 e. The van der Waals surface area contributed by atoms with E-state index < -0.39 is 0 Å². The first-order valence-electron chi connectivity index (χ1n) is 5.99. The zero-order chi connectivity index (χ0) is 14.0. The van der Waals surface area contributed by atoms with E-state index in [0.717, 1.165) is 16.7 Å². The predicted molar refractivity (Wildman–Crippen MR) is 77.4 cm³/mol. The number of carbonyl (C=O) groups is 1. The second-order valence-electron chi connectivity index (χ2n) is 4.45. The Hall–Kier alpha value is -1.80. The summed E-state index contributed by atoms with van der Waals surface area (Å²) < 4.78 is 5.15. The first-order chi connectivity index (χ1) is 9.04. The summed E-state index contributed by atoms with van der Waals surface area (Å²) in [6.45, 7) is 3.88. The molecule has 2 nitrogen and oxygen atoms in total. The smallest absolute Gasteiger partial charge is 0.193 e. The molecule has 0 aliphatic carbocycles. The quantitative estimate of drug-likeness (QED) is 0.784. The van der Waals surface area contributed by atoms with E-state index in [2.05, 4.69) is 0 Å². The van der Waals surface area contributed by atoms with Crippen LogP contribution in [0.4, 0.5) is 0 Å². The molecule has 98 valence electrons. The second kappa shape index (κ2) is 5.45. The molecule has 0 aliphatic heterocycles. The molecule has 2 rings (SSSR count). The molecule has 0 saturated heterocycles. The third kappa shape index (κ3) is 2.64. The number of carbonyl (C=O) groups excluding carboxylic acids is 1. The lowest BCUT2D eigenvalue weighted by molar-refractivity contribution is 0.103. The average molecular weight is 275 g/mol. The lowest BCUT2D eigenvalue weighted by Crippen LogP contribution is -2.06. The topological polar surface area (TPSA) is 26.3 Å². The van der Waals surface area contributed by atoms with Gasteiger partial charge in [0.15, 0.2) is 5.78 Å². The van der Waals surface area contributed by atoms with Crippen molar-refractivity contribution in [2.24, 2.45) is 0 Å². The lowest BCUT2D eigenvalue weighted by atomic mass is 9.95. The minimum Gasteiger partial charge on any atom is -0.495 e. The van der Waals surface area contributed by atoms with E-state index in [4.69, 9.17) is 16.3 Å². The minimum absolute atomic E-state index is 0.00873. The first-order valence-corrected chi connectivity index (χ1v) is 6.37. The Bertz CT molecular complexity index is 612. The SMILES string of the molecule is COc1cc(C(=O)c2c(C)cccc2C)ccc1Cl. The van der Waals surface area contributed by atoms with Gasteiger partial charge in [-0.2, -0.15) is 0 Å². The molecule has 0 amide bonds. The first kappa shape index (κ1) is 13.6. The number of halogens is 1. The molecule has 0 bridgehead atoms. The molecular formula is C16H15ClO2. The predicted octanol–water partition coefficient (Wildman–Crippen LogP) is 4.20. The van der Waals surface area contributed by atoms with Crippen molar-refractivity contribution in [3.05, 3.63) is 63.7 Å². The third-order valence-corrected chi connectivity index (χ3v) is 3.43. The zero-order valence-electron chi connectivity index (χ0n) is 11.2. The number of benzene rings is 2. The van der Waals surface area contributed by atoms with Gasteiger partial charge in [-0.15, -0.1) is 0 Å². The molecular weight excluding hydrogens is 260 g/mol. The fourth-order valence-corrected chi connectivity index (χ4v) is 2.31. The van der Waals surface area contributed by atoms with E-state index in [1.165, 1.54) is 7.11 Å². The Morgan fingerprint density at radius 1 is 1.11 bits per heavy atom. The molecule has 0 aromatic heterocycles. The van der Waals surface area contributed by atoms with Crippen LogP contribution in [0.3, 0.4) is 0 Å². The molecule has 3 heteroatoms. The summed E-state index contributed by atoms with van der Waals surface area (Å²) in [7, 11) is 1.54. The van der Waals surface area contributed by atoms with Crippen molar-refractivity contribution >= 4 is 17.4 Å². The fraction of sp³-hybridized carbons (Fsp3) is 0.188. The lowest BCUT2D eigenvalue weighted by Gasteiger charge is -2.10. The highest BCUT2D eigenvalue weighted by molar-refractivity contribution is 6.32. The van der Waals surface area contributed by atoms with Crippen molar-refractivity contribution in [1.82, 2.24) is 0 Å². The van der Waals surface area contributed by atoms with Gasteiger partial charge in [0.1, 0.15) is 5.75 Å². The standard InChI is InChI=1S/C16H15ClO2/c1-10-5-4-6-11(2)15(10)16(18)12-7-8-13(17)14(9-12)19-3/h4-9H,1-3H3. The maximum absolute atomic E-state index is 12.6. The molecule has 2 aromatic carbocycles. The van der Waals surface area contributed by atoms with Gasteiger partial charge in [-0.1, -0.05) is 29.8 Å². The van der Waals surface area contributed by atoms with Gasteiger partial charge < -0.3 is 4.74 Å². The van der Waals surface area contributed by atoms with Gasteiger partial charge in [0, 0.05) is 11.1 Å². The molecule has 0 saturated carbocycles. The second-order valence-corrected chi connectivity index (χ2v) is 4.85. The number of methoxy groups -OCH3 is 1. The summed E-state index contributed by atoms with van der Waals surface area (Å²) in [5, 5.41) is 0.501. The van der Waals surface area contributed by atoms with Gasteiger partial charge in [0.2, 0.25) is 0 Å². The van der Waals surface area contributed by atoms with E-state index in [1.807, 2.05) is 32.0 Å². The minimum atomic E-state index is -0.00873. The van der Waals surface area contributed by atoms with Gasteiger partial charge >= 0.3 is 0 Å². The molecule has 0 aliphatic rings. The average Bonchev–Trinajstić information content (AvgIpc) is 2.39. The van der Waals surface area contributed by atoms with Crippen LogP contribution in [0.25, 0.3) is 0 Å². The van der Waals surface area contributed by atoms with Crippen molar-refractivity contribution in [2.45, 2.75) is 13.8 Å². The maximum atomic E-state index is 12.6. The molecule has 0 atom stereocenters. The number of hydrogen-bond acceptors (Lipinski definition) is 2. The largest absolute Gasteiger partial charge is 0.495 e. The number of rotatable bonds is 3. The molecule has 0 spiro atoms. The summed E-state index contributed by atoms with van der Waals surface area (Å²) in [5.41, 5.74) is 3.27. The number of hydrogen-bond donors (Lipinski definition) is 0. The summed E-state index contributed by atoms with van der Waals surface area (Å²) in [5.74, 6) is 0.504. The van der Waals surface area contributed by atoms with Gasteiger partial charge in [-0.05, 0) is 43.2 Å². The van der Waals surface area contributed by atoms with E-state index in [0.29, 0.717) is 16.3 Å². The molecule has 0 fully saturated rings. The van der Waals surface area contributed by atoms with Gasteiger partial charge in [0.05, 0.1) is 12.1 Å². The normalized spacial score (nSPS) is 10.3. The zero-order valence-corrected chi connectivity index (χ0v) is 11.9. The van der Waals surface area contributed by atoms with Crippen molar-refractivity contribution < 1.29 is 9.53 Å². The van der Waals surface area contributed by atoms with Crippen molar-refractivity contribution in [2.75, 3.05) is 7.11 Å². The van der Waals surface area contributed by atoms with E-state index in [9.17, 15) is 4.79 Å². The molecule has 0 heterocycles. The van der Waals surface area contributed by atoms with Crippen LogP contribution in [0.15, 0.2) is 36.4 Å². The highest BCUT2D eigenvalue weighted by Gasteiger charge is 2.15. The molecule has 19 heavy (non-hydrogen) atoms. The van der Waals surface area contributed by atoms with Crippen LogP contribution >= 0.6 is 11.6 Å². The van der Waals surface area contributed by atoms with E-state index in [-0.39, 0.29) is 5.78 Å². The Labute approximate surface area is 118 Å². The van der Waals surface area contributed by atoms with Crippen LogP contribution < -0.4 is 4.74 Å². The summed E-state index contributed by atoms with van der Waals surface area (Å²) in [6.07, 6.45) is 0. The number of ketones is 1. The van der Waals surface area contributed by atoms with Gasteiger partial charge in [-0.3, -0.25) is 4.79 Å². The Balaban J connectivity index is 2.50. The van der Waals surface area contributed by atoms with Crippen molar-refractivity contribution in [3.63, 3.8) is 0 Å². The van der Waals surface area contributed by atoms with Crippen LogP contribution in [0, 0.1) is 13.8 Å². The van der Waals surface area contributed by atoms with Crippen LogP contribution in [-0.2, 0) is 0 Å². The van der Waals surface area contributed by atoms with Crippen LogP contribution in [0.1, 0.15) is 27.0 Å². The Morgan fingerprint density at radius 3 is 2.32 bits per heavy atom. The highest BCUT2D eigenvalue weighted by atomic mass is 35.5. The summed E-state index contributed by atoms with van der Waals surface area (Å²) in [4.78, 5) is 12.6. The van der Waals surface area contributed by atoms with Crippen molar-refractivity contribution in [3.8, 4) is 5.75 Å². The van der Waals surface area contributed by atoms with Crippen LogP contribution in [0.5, 0.6) is 5.75 Å².